The van der Waals surface area contributed by atoms with Gasteiger partial charge in [-0.15, -0.1) is 0 Å². The van der Waals surface area contributed by atoms with Gasteiger partial charge in [-0.05, 0) is 43.4 Å². The number of hydrogen-bond acceptors (Lipinski definition) is 7. The van der Waals surface area contributed by atoms with Crippen LogP contribution in [0.1, 0.15) is 76.2 Å². The number of benzene rings is 1. The number of phenols is 1. The minimum atomic E-state index is -1.34. The molecule has 0 heterocycles. The zero-order chi connectivity index (χ0) is 22.6. The second-order valence-corrected chi connectivity index (χ2v) is 9.19. The summed E-state index contributed by atoms with van der Waals surface area (Å²) in [4.78, 5) is 38.1. The van der Waals surface area contributed by atoms with E-state index in [1.54, 1.807) is 26.0 Å². The lowest BCUT2D eigenvalue weighted by Gasteiger charge is -2.56. The summed E-state index contributed by atoms with van der Waals surface area (Å²) in [6.45, 7) is 8.45. The van der Waals surface area contributed by atoms with Crippen molar-refractivity contribution in [1.29, 1.82) is 0 Å². The van der Waals surface area contributed by atoms with Crippen LogP contribution in [0.4, 0.5) is 0 Å². The van der Waals surface area contributed by atoms with Gasteiger partial charge < -0.3 is 19.7 Å². The third-order valence-electron chi connectivity index (χ3n) is 7.03. The summed E-state index contributed by atoms with van der Waals surface area (Å²) >= 11 is 0. The number of Topliss-reactive ketones (excluding diaryl/α,β-unsaturated/α-hetero) is 1. The molecule has 0 amide bonds. The first-order valence-electron chi connectivity index (χ1n) is 10.2. The van der Waals surface area contributed by atoms with E-state index in [1.165, 1.54) is 14.0 Å². The van der Waals surface area contributed by atoms with Gasteiger partial charge in [0, 0.05) is 24.8 Å². The van der Waals surface area contributed by atoms with Crippen molar-refractivity contribution in [2.45, 2.75) is 71.0 Å². The number of aliphatic hydroxyl groups excluding tert-OH is 1. The fraction of sp³-hybridized carbons (Fsp3) is 0.609. The number of hydrogen-bond donors (Lipinski definition) is 2. The van der Waals surface area contributed by atoms with Gasteiger partial charge in [-0.1, -0.05) is 19.9 Å². The number of aromatic hydroxyl groups is 1. The van der Waals surface area contributed by atoms with Crippen LogP contribution < -0.4 is 0 Å². The number of rotatable bonds is 3. The van der Waals surface area contributed by atoms with Gasteiger partial charge in [-0.25, -0.2) is 0 Å². The Labute approximate surface area is 176 Å². The van der Waals surface area contributed by atoms with Crippen molar-refractivity contribution < 1.29 is 34.1 Å². The van der Waals surface area contributed by atoms with E-state index < -0.39 is 40.9 Å². The summed E-state index contributed by atoms with van der Waals surface area (Å²) < 4.78 is 10.6. The fourth-order valence-electron chi connectivity index (χ4n) is 5.53. The molecule has 30 heavy (non-hydrogen) atoms. The number of carbonyl (C=O) groups excluding carboxylic acids is 3. The molecule has 1 aromatic carbocycles. The molecular formula is C23H30O7. The Balaban J connectivity index is 2.37. The van der Waals surface area contributed by atoms with Crippen LogP contribution in [0.25, 0.3) is 0 Å². The molecule has 7 nitrogen and oxygen atoms in total. The van der Waals surface area contributed by atoms with Crippen molar-refractivity contribution in [3.8, 4) is 5.75 Å². The van der Waals surface area contributed by atoms with Crippen LogP contribution >= 0.6 is 0 Å². The number of phenolic OH excluding ortho intramolecular Hbond substituents is 1. The van der Waals surface area contributed by atoms with Gasteiger partial charge in [0.2, 0.25) is 0 Å². The standard InChI is InChI=1S/C23H30O7/c1-11(2)13-9-14-17(15(25)10-13)23(5)16(26)7-8-22(4,21(28)29-6)20(23)19(18(14)27)30-12(3)24/h9-11,18-20,25,27H,7-8H2,1-6H3/t18-,19-,20-,22+,23+/m0/s1. The summed E-state index contributed by atoms with van der Waals surface area (Å²) in [5.41, 5.74) is -1.10. The predicted molar refractivity (Wildman–Crippen MR) is 108 cm³/mol. The number of esters is 2. The summed E-state index contributed by atoms with van der Waals surface area (Å²) in [6, 6.07) is 3.35. The summed E-state index contributed by atoms with van der Waals surface area (Å²) in [5.74, 6) is -2.29. The van der Waals surface area contributed by atoms with Crippen LogP contribution in [0.3, 0.4) is 0 Å². The molecular weight excluding hydrogens is 388 g/mol. The van der Waals surface area contributed by atoms with E-state index in [2.05, 4.69) is 0 Å². The van der Waals surface area contributed by atoms with Gasteiger partial charge >= 0.3 is 11.9 Å². The lowest BCUT2D eigenvalue weighted by molar-refractivity contribution is -0.190. The highest BCUT2D eigenvalue weighted by Gasteiger charge is 2.66. The van der Waals surface area contributed by atoms with Crippen LogP contribution in [0.15, 0.2) is 12.1 Å². The molecule has 3 rings (SSSR count). The fourth-order valence-corrected chi connectivity index (χ4v) is 5.53. The average Bonchev–Trinajstić information content (AvgIpc) is 2.67. The van der Waals surface area contributed by atoms with E-state index in [1.807, 2.05) is 13.8 Å². The van der Waals surface area contributed by atoms with Crippen molar-refractivity contribution in [2.75, 3.05) is 7.11 Å². The normalized spacial score (nSPS) is 32.9. The Morgan fingerprint density at radius 2 is 1.87 bits per heavy atom. The van der Waals surface area contributed by atoms with Crippen molar-refractivity contribution in [1.82, 2.24) is 0 Å². The molecule has 1 saturated carbocycles. The largest absolute Gasteiger partial charge is 0.508 e. The topological polar surface area (TPSA) is 110 Å². The lowest BCUT2D eigenvalue weighted by Crippen LogP contribution is -2.63. The first-order valence-corrected chi connectivity index (χ1v) is 10.2. The van der Waals surface area contributed by atoms with E-state index >= 15 is 0 Å². The highest BCUT2D eigenvalue weighted by Crippen LogP contribution is 2.61. The number of methoxy groups -OCH3 is 1. The van der Waals surface area contributed by atoms with Gasteiger partial charge in [0.25, 0.3) is 0 Å². The Hall–Kier alpha value is -2.41. The smallest absolute Gasteiger partial charge is 0.312 e. The van der Waals surface area contributed by atoms with Gasteiger partial charge in [0.05, 0.1) is 17.9 Å². The number of ketones is 1. The van der Waals surface area contributed by atoms with Crippen LogP contribution in [-0.4, -0.2) is 41.1 Å². The molecule has 7 heteroatoms. The van der Waals surface area contributed by atoms with Crippen LogP contribution in [0, 0.1) is 11.3 Å². The number of aliphatic hydroxyl groups is 1. The van der Waals surface area contributed by atoms with Crippen molar-refractivity contribution in [3.63, 3.8) is 0 Å². The van der Waals surface area contributed by atoms with E-state index in [9.17, 15) is 24.6 Å². The van der Waals surface area contributed by atoms with Crippen LogP contribution in [0.5, 0.6) is 5.75 Å². The quantitative estimate of drug-likeness (QED) is 0.726. The minimum Gasteiger partial charge on any atom is -0.508 e. The molecule has 0 aromatic heterocycles. The minimum absolute atomic E-state index is 0.0634. The molecule has 0 bridgehead atoms. The van der Waals surface area contributed by atoms with E-state index in [-0.39, 0.29) is 30.3 Å². The maximum atomic E-state index is 13.3. The van der Waals surface area contributed by atoms with Gasteiger partial charge in [0.1, 0.15) is 23.7 Å². The molecule has 0 aliphatic heterocycles. The average molecular weight is 418 g/mol. The van der Waals surface area contributed by atoms with Gasteiger partial charge in [-0.3, -0.25) is 14.4 Å². The maximum absolute atomic E-state index is 13.3. The summed E-state index contributed by atoms with van der Waals surface area (Å²) in [7, 11) is 1.27. The molecule has 0 unspecified atom stereocenters. The predicted octanol–water partition coefficient (Wildman–Crippen LogP) is 2.91. The van der Waals surface area contributed by atoms with E-state index in [0.717, 1.165) is 5.56 Å². The second kappa shape index (κ2) is 7.38. The second-order valence-electron chi connectivity index (χ2n) is 9.19. The first kappa shape index (κ1) is 22.3. The maximum Gasteiger partial charge on any atom is 0.312 e. The van der Waals surface area contributed by atoms with Crippen LogP contribution in [-0.2, 0) is 29.3 Å². The highest BCUT2D eigenvalue weighted by atomic mass is 16.6. The monoisotopic (exact) mass is 418 g/mol. The Kier molecular flexibility index (Phi) is 5.48. The molecule has 0 spiro atoms. The van der Waals surface area contributed by atoms with E-state index in [0.29, 0.717) is 11.1 Å². The van der Waals surface area contributed by atoms with E-state index in [4.69, 9.17) is 9.47 Å². The summed E-state index contributed by atoms with van der Waals surface area (Å²) in [5, 5.41) is 22.2. The summed E-state index contributed by atoms with van der Waals surface area (Å²) in [6.07, 6.45) is -2.15. The molecule has 1 aromatic rings. The number of ether oxygens (including phenoxy) is 2. The van der Waals surface area contributed by atoms with Crippen molar-refractivity contribution in [3.05, 3.63) is 28.8 Å². The lowest BCUT2D eigenvalue weighted by atomic mass is 9.47. The number of carbonyl (C=O) groups is 3. The van der Waals surface area contributed by atoms with Gasteiger partial charge in [-0.2, -0.15) is 0 Å². The molecule has 2 aliphatic rings. The van der Waals surface area contributed by atoms with Crippen molar-refractivity contribution in [2.24, 2.45) is 11.3 Å². The SMILES string of the molecule is COC(=O)[C@]1(C)CCC(=O)[C@]2(C)c3c(O)cc(C(C)C)cc3[C@H](O)[C@H](OC(C)=O)[C@@H]12. The third-order valence-corrected chi connectivity index (χ3v) is 7.03. The molecule has 2 N–H and O–H groups in total. The zero-order valence-electron chi connectivity index (χ0n) is 18.3. The molecule has 2 aliphatic carbocycles. The Bertz CT molecular complexity index is 905. The van der Waals surface area contributed by atoms with Crippen molar-refractivity contribution >= 4 is 17.7 Å². The molecule has 0 radical (unpaired) electrons. The highest BCUT2D eigenvalue weighted by molar-refractivity contribution is 5.95. The molecule has 1 fully saturated rings. The van der Waals surface area contributed by atoms with Gasteiger partial charge in [0.15, 0.2) is 0 Å². The number of fused-ring (bicyclic) bond motifs is 3. The Morgan fingerprint density at radius 1 is 1.23 bits per heavy atom. The zero-order valence-corrected chi connectivity index (χ0v) is 18.3. The van der Waals surface area contributed by atoms with Crippen LogP contribution in [0.2, 0.25) is 0 Å². The molecule has 5 atom stereocenters. The molecule has 164 valence electrons. The molecule has 0 saturated heterocycles. The first-order chi connectivity index (χ1) is 13.9. The Morgan fingerprint density at radius 3 is 2.40 bits per heavy atom. The third kappa shape index (κ3) is 3.02.